The number of nitrogens with one attached hydrogen (secondary N) is 2. The Morgan fingerprint density at radius 1 is 0.909 bits per heavy atom. The van der Waals surface area contributed by atoms with Crippen LogP contribution in [0.1, 0.15) is 34.5 Å². The van der Waals surface area contributed by atoms with Crippen LogP contribution in [-0.2, 0) is 14.8 Å². The molecule has 0 aromatic heterocycles. The number of anilines is 1. The largest absolute Gasteiger partial charge is 0.345 e. The molecule has 7 nitrogen and oxygen atoms in total. The summed E-state index contributed by atoms with van der Waals surface area (Å²) >= 11 is 0. The molecule has 0 aliphatic heterocycles. The first-order chi connectivity index (χ1) is 15.7. The van der Waals surface area contributed by atoms with E-state index in [4.69, 9.17) is 0 Å². The van der Waals surface area contributed by atoms with Gasteiger partial charge in [-0.25, -0.2) is 8.42 Å². The van der Waals surface area contributed by atoms with Crippen LogP contribution < -0.4 is 10.6 Å². The summed E-state index contributed by atoms with van der Waals surface area (Å²) in [6.07, 6.45) is 0. The quantitative estimate of drug-likeness (QED) is 0.530. The number of carbonyl (C=O) groups excluding carboxylic acids is 2. The molecule has 2 amide bonds. The van der Waals surface area contributed by atoms with E-state index in [9.17, 15) is 18.0 Å². The van der Waals surface area contributed by atoms with Crippen LogP contribution in [0.4, 0.5) is 5.69 Å². The summed E-state index contributed by atoms with van der Waals surface area (Å²) in [4.78, 5) is 25.6. The summed E-state index contributed by atoms with van der Waals surface area (Å²) in [5, 5.41) is 5.58. The number of carbonyl (C=O) groups is 2. The van der Waals surface area contributed by atoms with Crippen LogP contribution in [0.25, 0.3) is 0 Å². The molecule has 8 heteroatoms. The highest BCUT2D eigenvalue weighted by atomic mass is 32.2. The van der Waals surface area contributed by atoms with E-state index in [0.29, 0.717) is 5.69 Å². The molecule has 0 aliphatic carbocycles. The van der Waals surface area contributed by atoms with Crippen LogP contribution in [-0.4, -0.2) is 38.1 Å². The van der Waals surface area contributed by atoms with Crippen LogP contribution in [0.5, 0.6) is 0 Å². The van der Waals surface area contributed by atoms with Crippen molar-refractivity contribution in [1.29, 1.82) is 0 Å². The second kappa shape index (κ2) is 10.4. The zero-order valence-corrected chi connectivity index (χ0v) is 19.6. The van der Waals surface area contributed by atoms with Gasteiger partial charge in [0.2, 0.25) is 15.9 Å². The lowest BCUT2D eigenvalue weighted by molar-refractivity contribution is -0.116. The molecule has 3 aromatic carbocycles. The van der Waals surface area contributed by atoms with Gasteiger partial charge in [-0.2, -0.15) is 4.31 Å². The molecule has 1 atom stereocenters. The van der Waals surface area contributed by atoms with Gasteiger partial charge >= 0.3 is 0 Å². The molecule has 2 N–H and O–H groups in total. The highest BCUT2D eigenvalue weighted by Crippen LogP contribution is 2.19. The Bertz CT molecular complexity index is 1230. The number of nitrogens with zero attached hydrogens (tertiary/aromatic N) is 1. The van der Waals surface area contributed by atoms with Crippen LogP contribution >= 0.6 is 0 Å². The average Bonchev–Trinajstić information content (AvgIpc) is 2.80. The van der Waals surface area contributed by atoms with Gasteiger partial charge in [0.05, 0.1) is 28.7 Å². The van der Waals surface area contributed by atoms with Crippen LogP contribution in [0.3, 0.4) is 0 Å². The molecular weight excluding hydrogens is 438 g/mol. The monoisotopic (exact) mass is 465 g/mol. The molecule has 172 valence electrons. The van der Waals surface area contributed by atoms with Crippen LogP contribution in [0.2, 0.25) is 0 Å². The van der Waals surface area contributed by atoms with Gasteiger partial charge in [0.1, 0.15) is 0 Å². The summed E-state index contributed by atoms with van der Waals surface area (Å²) in [5.74, 6) is -0.896. The summed E-state index contributed by atoms with van der Waals surface area (Å²) in [5.41, 5.74) is 2.49. The zero-order chi connectivity index (χ0) is 24.0. The second-order valence-electron chi connectivity index (χ2n) is 7.77. The Morgan fingerprint density at radius 3 is 2.18 bits per heavy atom. The van der Waals surface area contributed by atoms with E-state index in [1.165, 1.54) is 19.2 Å². The van der Waals surface area contributed by atoms with E-state index in [0.717, 1.165) is 15.4 Å². The van der Waals surface area contributed by atoms with Gasteiger partial charge in [-0.1, -0.05) is 60.2 Å². The minimum Gasteiger partial charge on any atom is -0.345 e. The van der Waals surface area contributed by atoms with Gasteiger partial charge in [-0.3, -0.25) is 9.59 Å². The number of amides is 2. The number of rotatable bonds is 8. The first-order valence-electron chi connectivity index (χ1n) is 10.5. The third-order valence-corrected chi connectivity index (χ3v) is 7.01. The fourth-order valence-electron chi connectivity index (χ4n) is 3.26. The molecule has 0 aliphatic rings. The molecule has 33 heavy (non-hydrogen) atoms. The second-order valence-corrected chi connectivity index (χ2v) is 9.82. The number of hydrogen-bond acceptors (Lipinski definition) is 4. The third kappa shape index (κ3) is 6.06. The summed E-state index contributed by atoms with van der Waals surface area (Å²) < 4.78 is 26.5. The summed E-state index contributed by atoms with van der Waals surface area (Å²) in [6.45, 7) is 3.34. The van der Waals surface area contributed by atoms with Crippen molar-refractivity contribution in [3.8, 4) is 0 Å². The molecule has 0 spiro atoms. The molecule has 0 bridgehead atoms. The van der Waals surface area contributed by atoms with Crippen molar-refractivity contribution in [2.24, 2.45) is 0 Å². The number of likely N-dealkylation sites (N-methyl/N-ethyl adjacent to an activating group) is 1. The highest BCUT2D eigenvalue weighted by molar-refractivity contribution is 7.89. The lowest BCUT2D eigenvalue weighted by Gasteiger charge is -2.19. The fourth-order valence-corrected chi connectivity index (χ4v) is 4.38. The average molecular weight is 466 g/mol. The minimum atomic E-state index is -3.82. The van der Waals surface area contributed by atoms with Crippen molar-refractivity contribution in [2.75, 3.05) is 18.9 Å². The SMILES string of the molecule is Cc1ccc(S(=O)(=O)N(C)CC(=O)Nc2ccccc2C(=O)NC(C)c2ccccc2)cc1. The van der Waals surface area contributed by atoms with Gasteiger partial charge in [-0.05, 0) is 43.7 Å². The van der Waals surface area contributed by atoms with Crippen molar-refractivity contribution in [3.05, 3.63) is 95.6 Å². The van der Waals surface area contributed by atoms with Crippen molar-refractivity contribution in [2.45, 2.75) is 24.8 Å². The Labute approximate surface area is 194 Å². The van der Waals surface area contributed by atoms with Crippen LogP contribution in [0.15, 0.2) is 83.8 Å². The number of sulfonamides is 1. The topological polar surface area (TPSA) is 95.6 Å². The van der Waals surface area contributed by atoms with Gasteiger partial charge < -0.3 is 10.6 Å². The lowest BCUT2D eigenvalue weighted by atomic mass is 10.1. The van der Waals surface area contributed by atoms with E-state index < -0.39 is 22.5 Å². The molecule has 0 saturated carbocycles. The number of benzene rings is 3. The van der Waals surface area contributed by atoms with Crippen LogP contribution in [0, 0.1) is 6.92 Å². The highest BCUT2D eigenvalue weighted by Gasteiger charge is 2.23. The van der Waals surface area contributed by atoms with E-state index in [-0.39, 0.29) is 22.4 Å². The van der Waals surface area contributed by atoms with Crippen molar-refractivity contribution in [3.63, 3.8) is 0 Å². The van der Waals surface area contributed by atoms with E-state index in [2.05, 4.69) is 10.6 Å². The van der Waals surface area contributed by atoms with E-state index in [1.807, 2.05) is 44.2 Å². The standard InChI is InChI=1S/C25H27N3O4S/c1-18-13-15-21(16-14-18)33(31,32)28(3)17-24(29)27-23-12-8-7-11-22(23)25(30)26-19(2)20-9-5-4-6-10-20/h4-16,19H,17H2,1-3H3,(H,26,30)(H,27,29). The van der Waals surface area contributed by atoms with Gasteiger partial charge in [0, 0.05) is 7.05 Å². The first kappa shape index (κ1) is 24.2. The lowest BCUT2D eigenvalue weighted by Crippen LogP contribution is -2.35. The van der Waals surface area contributed by atoms with Gasteiger partial charge in [0.15, 0.2) is 0 Å². The molecule has 0 fully saturated rings. The van der Waals surface area contributed by atoms with E-state index in [1.54, 1.807) is 36.4 Å². The molecule has 0 radical (unpaired) electrons. The Balaban J connectivity index is 1.69. The maximum Gasteiger partial charge on any atom is 0.253 e. The first-order valence-corrected chi connectivity index (χ1v) is 11.9. The Kier molecular flexibility index (Phi) is 7.63. The molecule has 0 heterocycles. The van der Waals surface area contributed by atoms with Crippen molar-refractivity contribution < 1.29 is 18.0 Å². The predicted octanol–water partition coefficient (Wildman–Crippen LogP) is 3.75. The summed E-state index contributed by atoms with van der Waals surface area (Å²) in [7, 11) is -2.48. The Morgan fingerprint density at radius 2 is 1.52 bits per heavy atom. The normalized spacial score (nSPS) is 12.2. The van der Waals surface area contributed by atoms with Crippen molar-refractivity contribution >= 4 is 27.5 Å². The predicted molar refractivity (Wildman–Crippen MR) is 128 cm³/mol. The maximum absolute atomic E-state index is 12.9. The third-order valence-electron chi connectivity index (χ3n) is 5.19. The zero-order valence-electron chi connectivity index (χ0n) is 18.8. The van der Waals surface area contributed by atoms with E-state index >= 15 is 0 Å². The molecule has 3 rings (SSSR count). The van der Waals surface area contributed by atoms with Gasteiger partial charge in [-0.15, -0.1) is 0 Å². The Hall–Kier alpha value is -3.49. The fraction of sp³-hybridized carbons (Fsp3) is 0.200. The molecular formula is C25H27N3O4S. The van der Waals surface area contributed by atoms with Crippen molar-refractivity contribution in [1.82, 2.24) is 9.62 Å². The van der Waals surface area contributed by atoms with Gasteiger partial charge in [0.25, 0.3) is 5.91 Å². The molecule has 3 aromatic rings. The smallest absolute Gasteiger partial charge is 0.253 e. The summed E-state index contributed by atoms with van der Waals surface area (Å²) in [6, 6.07) is 22.3. The minimum absolute atomic E-state index is 0.109. The number of aryl methyl sites for hydroxylation is 1. The number of para-hydroxylation sites is 1. The number of hydrogen-bond donors (Lipinski definition) is 2. The molecule has 1 unspecified atom stereocenters. The maximum atomic E-state index is 12.9. The molecule has 0 saturated heterocycles.